The zero-order valence-corrected chi connectivity index (χ0v) is 9.90. The molecule has 1 fully saturated rings. The third-order valence-corrected chi connectivity index (χ3v) is 3.39. The summed E-state index contributed by atoms with van der Waals surface area (Å²) in [5.41, 5.74) is 8.41. The summed E-state index contributed by atoms with van der Waals surface area (Å²) < 4.78 is 5.31. The van der Waals surface area contributed by atoms with Crippen molar-refractivity contribution in [1.29, 1.82) is 0 Å². The number of benzene rings is 1. The Hall–Kier alpha value is -1.55. The van der Waals surface area contributed by atoms with Gasteiger partial charge in [-0.3, -0.25) is 0 Å². The Labute approximate surface area is 100 Å². The molecule has 0 aliphatic carbocycles. The summed E-state index contributed by atoms with van der Waals surface area (Å²) in [5.74, 6) is -0.548. The van der Waals surface area contributed by atoms with Crippen molar-refractivity contribution in [2.75, 3.05) is 18.9 Å². The van der Waals surface area contributed by atoms with Gasteiger partial charge < -0.3 is 15.6 Å². The van der Waals surface area contributed by atoms with Gasteiger partial charge in [-0.15, -0.1) is 0 Å². The van der Waals surface area contributed by atoms with E-state index in [-0.39, 0.29) is 0 Å². The summed E-state index contributed by atoms with van der Waals surface area (Å²) in [7, 11) is 0. The Morgan fingerprint density at radius 2 is 2.06 bits per heavy atom. The molecule has 0 atom stereocenters. The highest BCUT2D eigenvalue weighted by Crippen LogP contribution is 2.30. The van der Waals surface area contributed by atoms with Crippen molar-refractivity contribution in [3.63, 3.8) is 0 Å². The van der Waals surface area contributed by atoms with Gasteiger partial charge in [-0.05, 0) is 48.9 Å². The zero-order valence-electron chi connectivity index (χ0n) is 9.90. The lowest BCUT2D eigenvalue weighted by molar-refractivity contribution is 0.0695. The molecule has 0 saturated carbocycles. The van der Waals surface area contributed by atoms with Crippen molar-refractivity contribution in [3.8, 4) is 0 Å². The summed E-state index contributed by atoms with van der Waals surface area (Å²) in [5, 5.41) is 9.13. The maximum Gasteiger partial charge on any atom is 0.336 e. The lowest BCUT2D eigenvalue weighted by atomic mass is 9.89. The highest BCUT2D eigenvalue weighted by molar-refractivity contribution is 5.91. The van der Waals surface area contributed by atoms with Gasteiger partial charge in [0.25, 0.3) is 0 Å². The summed E-state index contributed by atoms with van der Waals surface area (Å²) >= 11 is 0. The molecule has 1 aliphatic heterocycles. The van der Waals surface area contributed by atoms with Crippen molar-refractivity contribution < 1.29 is 14.6 Å². The predicted molar refractivity (Wildman–Crippen MR) is 65.3 cm³/mol. The number of ether oxygens (including phenoxy) is 1. The number of hydrogen-bond donors (Lipinski definition) is 2. The topological polar surface area (TPSA) is 72.5 Å². The third kappa shape index (κ3) is 2.42. The van der Waals surface area contributed by atoms with Gasteiger partial charge in [0.1, 0.15) is 0 Å². The van der Waals surface area contributed by atoms with Crippen LogP contribution in [0.1, 0.15) is 40.2 Å². The Morgan fingerprint density at radius 3 is 2.65 bits per heavy atom. The molecule has 0 spiro atoms. The number of nitrogens with two attached hydrogens (primary N) is 1. The minimum Gasteiger partial charge on any atom is -0.478 e. The first-order chi connectivity index (χ1) is 8.09. The molecule has 0 amide bonds. The molecule has 0 radical (unpaired) electrons. The summed E-state index contributed by atoms with van der Waals surface area (Å²) in [6.45, 7) is 3.22. The van der Waals surface area contributed by atoms with E-state index in [1.54, 1.807) is 13.0 Å². The lowest BCUT2D eigenvalue weighted by Gasteiger charge is -2.23. The van der Waals surface area contributed by atoms with Crippen molar-refractivity contribution in [2.24, 2.45) is 0 Å². The van der Waals surface area contributed by atoms with Gasteiger partial charge in [0.05, 0.1) is 5.56 Å². The number of hydrogen-bond acceptors (Lipinski definition) is 3. The number of carboxylic acid groups (broad SMARTS) is 1. The average molecular weight is 235 g/mol. The fourth-order valence-corrected chi connectivity index (χ4v) is 2.25. The maximum atomic E-state index is 11.1. The predicted octanol–water partition coefficient (Wildman–Crippen LogP) is 2.17. The number of carboxylic acids is 1. The standard InChI is InChI=1S/C13H17NO3/c1-8-11(13(15)16)6-10(7-12(8)14)9-2-4-17-5-3-9/h6-7,9H,2-5,14H2,1H3,(H,15,16). The van der Waals surface area contributed by atoms with E-state index in [1.165, 1.54) is 0 Å². The molecular formula is C13H17NO3. The van der Waals surface area contributed by atoms with Crippen LogP contribution in [-0.2, 0) is 4.74 Å². The lowest BCUT2D eigenvalue weighted by Crippen LogP contribution is -2.15. The maximum absolute atomic E-state index is 11.1. The van der Waals surface area contributed by atoms with E-state index < -0.39 is 5.97 Å². The quantitative estimate of drug-likeness (QED) is 0.770. The number of anilines is 1. The van der Waals surface area contributed by atoms with Crippen LogP contribution in [0.5, 0.6) is 0 Å². The molecule has 17 heavy (non-hydrogen) atoms. The van der Waals surface area contributed by atoms with E-state index in [1.807, 2.05) is 6.07 Å². The van der Waals surface area contributed by atoms with Gasteiger partial charge in [0.2, 0.25) is 0 Å². The van der Waals surface area contributed by atoms with Gasteiger partial charge in [0.15, 0.2) is 0 Å². The SMILES string of the molecule is Cc1c(N)cc(C2CCOCC2)cc1C(=O)O. The normalized spacial score (nSPS) is 17.0. The second kappa shape index (κ2) is 4.75. The van der Waals surface area contributed by atoms with Gasteiger partial charge in [-0.1, -0.05) is 0 Å². The molecule has 1 aliphatic rings. The van der Waals surface area contributed by atoms with Crippen molar-refractivity contribution in [2.45, 2.75) is 25.7 Å². The molecule has 3 N–H and O–H groups in total. The Bertz CT molecular complexity index is 437. The van der Waals surface area contributed by atoms with Crippen LogP contribution < -0.4 is 5.73 Å². The average Bonchev–Trinajstić information content (AvgIpc) is 2.33. The van der Waals surface area contributed by atoms with Crippen LogP contribution in [0.3, 0.4) is 0 Å². The molecule has 1 aromatic carbocycles. The highest BCUT2D eigenvalue weighted by atomic mass is 16.5. The van der Waals surface area contributed by atoms with Crippen LogP contribution in [0.2, 0.25) is 0 Å². The summed E-state index contributed by atoms with van der Waals surface area (Å²) in [6.07, 6.45) is 1.86. The Morgan fingerprint density at radius 1 is 1.41 bits per heavy atom. The van der Waals surface area contributed by atoms with Crippen LogP contribution in [0.15, 0.2) is 12.1 Å². The summed E-state index contributed by atoms with van der Waals surface area (Å²) in [4.78, 5) is 11.1. The second-order valence-electron chi connectivity index (χ2n) is 4.47. The molecule has 1 saturated heterocycles. The third-order valence-electron chi connectivity index (χ3n) is 3.39. The van der Waals surface area contributed by atoms with E-state index in [9.17, 15) is 4.79 Å². The molecule has 4 heteroatoms. The first-order valence-corrected chi connectivity index (χ1v) is 5.80. The number of carbonyl (C=O) groups is 1. The number of aromatic carboxylic acids is 1. The smallest absolute Gasteiger partial charge is 0.336 e. The largest absolute Gasteiger partial charge is 0.478 e. The fourth-order valence-electron chi connectivity index (χ4n) is 2.25. The van der Waals surface area contributed by atoms with E-state index in [4.69, 9.17) is 15.6 Å². The van der Waals surface area contributed by atoms with E-state index >= 15 is 0 Å². The van der Waals surface area contributed by atoms with Crippen LogP contribution in [0.25, 0.3) is 0 Å². The Balaban J connectivity index is 2.37. The monoisotopic (exact) mass is 235 g/mol. The first kappa shape index (κ1) is 11.9. The molecule has 1 heterocycles. The minimum absolute atomic E-state index is 0.312. The number of nitrogen functional groups attached to an aromatic ring is 1. The molecule has 1 aromatic rings. The second-order valence-corrected chi connectivity index (χ2v) is 4.47. The molecule has 92 valence electrons. The molecule has 2 rings (SSSR count). The van der Waals surface area contributed by atoms with E-state index in [0.29, 0.717) is 22.7 Å². The van der Waals surface area contributed by atoms with Gasteiger partial charge in [0, 0.05) is 18.9 Å². The van der Waals surface area contributed by atoms with Crippen molar-refractivity contribution in [1.82, 2.24) is 0 Å². The fraction of sp³-hybridized carbons (Fsp3) is 0.462. The van der Waals surface area contributed by atoms with Crippen LogP contribution in [0.4, 0.5) is 5.69 Å². The molecular weight excluding hydrogens is 218 g/mol. The Kier molecular flexibility index (Phi) is 3.33. The highest BCUT2D eigenvalue weighted by Gasteiger charge is 2.19. The summed E-state index contributed by atoms with van der Waals surface area (Å²) in [6, 6.07) is 3.65. The molecule has 0 bridgehead atoms. The van der Waals surface area contributed by atoms with Gasteiger partial charge in [-0.2, -0.15) is 0 Å². The van der Waals surface area contributed by atoms with Gasteiger partial charge >= 0.3 is 5.97 Å². The molecule has 4 nitrogen and oxygen atoms in total. The molecule has 0 unspecified atom stereocenters. The minimum atomic E-state index is -0.914. The first-order valence-electron chi connectivity index (χ1n) is 5.80. The van der Waals surface area contributed by atoms with Gasteiger partial charge in [-0.25, -0.2) is 4.79 Å². The zero-order chi connectivity index (χ0) is 12.4. The van der Waals surface area contributed by atoms with Crippen LogP contribution in [-0.4, -0.2) is 24.3 Å². The van der Waals surface area contributed by atoms with Crippen molar-refractivity contribution >= 4 is 11.7 Å². The van der Waals surface area contributed by atoms with Crippen molar-refractivity contribution in [3.05, 3.63) is 28.8 Å². The molecule has 0 aromatic heterocycles. The van der Waals surface area contributed by atoms with Crippen LogP contribution >= 0.6 is 0 Å². The van der Waals surface area contributed by atoms with E-state index in [0.717, 1.165) is 31.6 Å². The number of rotatable bonds is 2. The van der Waals surface area contributed by atoms with E-state index in [2.05, 4.69) is 0 Å². The van der Waals surface area contributed by atoms with Crippen LogP contribution in [0, 0.1) is 6.92 Å².